The smallest absolute Gasteiger partial charge is 0.297 e. The number of hydrogen-bond donors (Lipinski definition) is 0. The average molecular weight is 264 g/mol. The lowest BCUT2D eigenvalue weighted by molar-refractivity contribution is -0.122. The van der Waals surface area contributed by atoms with Crippen molar-refractivity contribution in [2.24, 2.45) is 0 Å². The van der Waals surface area contributed by atoms with Gasteiger partial charge in [-0.1, -0.05) is 6.08 Å². The molecule has 18 heavy (non-hydrogen) atoms. The van der Waals surface area contributed by atoms with Crippen LogP contribution < -0.4 is 0 Å². The van der Waals surface area contributed by atoms with Gasteiger partial charge in [0.1, 0.15) is 0 Å². The van der Waals surface area contributed by atoms with Gasteiger partial charge >= 0.3 is 0 Å². The highest BCUT2D eigenvalue weighted by molar-refractivity contribution is 7.80. The van der Waals surface area contributed by atoms with Crippen LogP contribution in [-0.4, -0.2) is 41.0 Å². The number of carbonyl (C=O) groups is 1. The third kappa shape index (κ3) is 2.46. The van der Waals surface area contributed by atoms with E-state index in [1.807, 2.05) is 13.1 Å². The van der Waals surface area contributed by atoms with Gasteiger partial charge in [0, 0.05) is 25.8 Å². The normalized spacial score (nSPS) is 24.3. The van der Waals surface area contributed by atoms with Crippen LogP contribution in [0.2, 0.25) is 0 Å². The summed E-state index contributed by atoms with van der Waals surface area (Å²) in [7, 11) is 2.04. The molecule has 2 saturated heterocycles. The van der Waals surface area contributed by atoms with Crippen molar-refractivity contribution in [3.8, 4) is 0 Å². The maximum Gasteiger partial charge on any atom is 0.297 e. The maximum atomic E-state index is 11.9. The van der Waals surface area contributed by atoms with E-state index in [1.54, 1.807) is 12.2 Å². The molecule has 0 atom stereocenters. The number of allylic oxidation sites excluding steroid dienone is 3. The number of thiocarbonyl (C=S) groups is 1. The Balaban J connectivity index is 2.13. The van der Waals surface area contributed by atoms with Gasteiger partial charge in [-0.15, -0.1) is 6.58 Å². The van der Waals surface area contributed by atoms with E-state index < -0.39 is 0 Å². The van der Waals surface area contributed by atoms with Crippen molar-refractivity contribution in [1.82, 2.24) is 9.80 Å². The molecule has 0 saturated carbocycles. The van der Waals surface area contributed by atoms with Crippen LogP contribution in [0.1, 0.15) is 12.8 Å². The lowest BCUT2D eigenvalue weighted by Gasteiger charge is -2.11. The highest BCUT2D eigenvalue weighted by Crippen LogP contribution is 2.21. The van der Waals surface area contributed by atoms with E-state index in [0.717, 1.165) is 19.4 Å². The molecule has 2 aliphatic heterocycles. The minimum absolute atomic E-state index is 0.197. The minimum Gasteiger partial charge on any atom is -0.426 e. The summed E-state index contributed by atoms with van der Waals surface area (Å²) in [5, 5.41) is 0.198. The quantitative estimate of drug-likeness (QED) is 0.442. The molecule has 4 nitrogen and oxygen atoms in total. The largest absolute Gasteiger partial charge is 0.426 e. The number of likely N-dealkylation sites (tertiary alicyclic amines) is 1. The van der Waals surface area contributed by atoms with Crippen molar-refractivity contribution in [2.45, 2.75) is 12.8 Å². The molecule has 2 aliphatic rings. The number of carbonyl (C=O) groups excluding carboxylic acids is 1. The fraction of sp³-hybridized carbons (Fsp3) is 0.385. The summed E-state index contributed by atoms with van der Waals surface area (Å²) in [5.41, 5.74) is 1.21. The van der Waals surface area contributed by atoms with Crippen LogP contribution in [0.4, 0.5) is 0 Å². The zero-order valence-corrected chi connectivity index (χ0v) is 11.2. The third-order valence-corrected chi connectivity index (χ3v) is 3.33. The molecule has 0 bridgehead atoms. The third-order valence-electron chi connectivity index (χ3n) is 3.03. The predicted octanol–water partition coefficient (Wildman–Crippen LogP) is 1.81. The predicted molar refractivity (Wildman–Crippen MR) is 73.6 cm³/mol. The monoisotopic (exact) mass is 264 g/mol. The first-order valence-corrected chi connectivity index (χ1v) is 6.31. The molecule has 0 spiro atoms. The molecule has 0 aromatic rings. The van der Waals surface area contributed by atoms with Gasteiger partial charge in [-0.3, -0.25) is 9.69 Å². The van der Waals surface area contributed by atoms with Crippen molar-refractivity contribution < 1.29 is 9.53 Å². The van der Waals surface area contributed by atoms with Crippen LogP contribution in [0.3, 0.4) is 0 Å². The van der Waals surface area contributed by atoms with Gasteiger partial charge in [-0.25, -0.2) is 0 Å². The SMILES string of the molecule is C=CCN1C(=O)C(=CC=C2CCCN2C)OC1=S. The zero-order valence-electron chi connectivity index (χ0n) is 10.4. The topological polar surface area (TPSA) is 32.8 Å². The van der Waals surface area contributed by atoms with Crippen molar-refractivity contribution in [2.75, 3.05) is 20.1 Å². The molecule has 2 heterocycles. The Morgan fingerprint density at radius 3 is 2.89 bits per heavy atom. The Hall–Kier alpha value is -1.62. The summed E-state index contributed by atoms with van der Waals surface area (Å²) < 4.78 is 5.29. The zero-order chi connectivity index (χ0) is 13.1. The van der Waals surface area contributed by atoms with Crippen molar-refractivity contribution in [1.29, 1.82) is 0 Å². The fourth-order valence-corrected chi connectivity index (χ4v) is 2.26. The molecule has 0 aromatic heterocycles. The molecular weight excluding hydrogens is 248 g/mol. The average Bonchev–Trinajstić information content (AvgIpc) is 2.86. The number of amides is 1. The second-order valence-electron chi connectivity index (χ2n) is 4.29. The number of rotatable bonds is 3. The molecular formula is C13H16N2O2S. The fourth-order valence-electron chi connectivity index (χ4n) is 2.01. The van der Waals surface area contributed by atoms with Crippen LogP contribution in [0.15, 0.2) is 36.3 Å². The molecule has 0 radical (unpaired) electrons. The number of hydrogen-bond acceptors (Lipinski definition) is 4. The summed E-state index contributed by atoms with van der Waals surface area (Å²) in [5.74, 6) is 0.0899. The van der Waals surface area contributed by atoms with E-state index in [2.05, 4.69) is 11.5 Å². The van der Waals surface area contributed by atoms with Crippen LogP contribution in [0.5, 0.6) is 0 Å². The van der Waals surface area contributed by atoms with Gasteiger partial charge in [0.2, 0.25) is 0 Å². The summed E-state index contributed by atoms with van der Waals surface area (Å²) in [6, 6.07) is 0. The first kappa shape index (κ1) is 12.8. The first-order chi connectivity index (χ1) is 8.63. The van der Waals surface area contributed by atoms with Crippen LogP contribution in [-0.2, 0) is 9.53 Å². The van der Waals surface area contributed by atoms with E-state index in [9.17, 15) is 4.79 Å². The van der Waals surface area contributed by atoms with E-state index in [1.165, 1.54) is 10.6 Å². The number of ether oxygens (including phenoxy) is 1. The van der Waals surface area contributed by atoms with Crippen molar-refractivity contribution >= 4 is 23.3 Å². The van der Waals surface area contributed by atoms with Gasteiger partial charge in [0.15, 0.2) is 5.76 Å². The Bertz CT molecular complexity index is 454. The van der Waals surface area contributed by atoms with Gasteiger partial charge in [-0.2, -0.15) is 0 Å². The minimum atomic E-state index is -0.197. The molecule has 5 heteroatoms. The summed E-state index contributed by atoms with van der Waals surface area (Å²) in [6.07, 6.45) is 7.45. The molecule has 0 aliphatic carbocycles. The summed E-state index contributed by atoms with van der Waals surface area (Å²) in [6.45, 7) is 5.03. The Labute approximate surface area is 112 Å². The highest BCUT2D eigenvalue weighted by Gasteiger charge is 2.32. The van der Waals surface area contributed by atoms with E-state index >= 15 is 0 Å². The van der Waals surface area contributed by atoms with Crippen LogP contribution >= 0.6 is 12.2 Å². The van der Waals surface area contributed by atoms with E-state index in [-0.39, 0.29) is 16.8 Å². The maximum absolute atomic E-state index is 11.9. The van der Waals surface area contributed by atoms with Gasteiger partial charge < -0.3 is 9.64 Å². The van der Waals surface area contributed by atoms with E-state index in [0.29, 0.717) is 6.54 Å². The second-order valence-corrected chi connectivity index (χ2v) is 4.64. The summed E-state index contributed by atoms with van der Waals surface area (Å²) >= 11 is 5.00. The summed E-state index contributed by atoms with van der Waals surface area (Å²) in [4.78, 5) is 15.5. The van der Waals surface area contributed by atoms with E-state index in [4.69, 9.17) is 17.0 Å². The lowest BCUT2D eigenvalue weighted by atomic mass is 10.3. The van der Waals surface area contributed by atoms with Crippen LogP contribution in [0.25, 0.3) is 0 Å². The van der Waals surface area contributed by atoms with Crippen LogP contribution in [0, 0.1) is 0 Å². The van der Waals surface area contributed by atoms with Gasteiger partial charge in [0.05, 0.1) is 0 Å². The van der Waals surface area contributed by atoms with Crippen molar-refractivity contribution in [3.63, 3.8) is 0 Å². The Morgan fingerprint density at radius 2 is 2.28 bits per heavy atom. The van der Waals surface area contributed by atoms with Crippen molar-refractivity contribution in [3.05, 3.63) is 36.3 Å². The molecule has 2 rings (SSSR count). The Morgan fingerprint density at radius 1 is 1.50 bits per heavy atom. The molecule has 0 N–H and O–H groups in total. The molecule has 0 unspecified atom stereocenters. The van der Waals surface area contributed by atoms with Gasteiger partial charge in [-0.05, 0) is 37.2 Å². The lowest BCUT2D eigenvalue weighted by Crippen LogP contribution is -2.28. The second kappa shape index (κ2) is 5.35. The van der Waals surface area contributed by atoms with Gasteiger partial charge in [0.25, 0.3) is 11.1 Å². The highest BCUT2D eigenvalue weighted by atomic mass is 32.1. The standard InChI is InChI=1S/C13H16N2O2S/c1-3-8-15-12(16)11(17-13(15)18)7-6-10-5-4-9-14(10)2/h3,6-7H,1,4-5,8-9H2,2H3. The first-order valence-electron chi connectivity index (χ1n) is 5.90. The molecule has 0 aromatic carbocycles. The molecule has 2 fully saturated rings. The molecule has 96 valence electrons. The molecule has 1 amide bonds. The Kier molecular flexibility index (Phi) is 3.81. The number of nitrogens with zero attached hydrogens (tertiary/aromatic N) is 2.